The molecule has 60 heavy (non-hydrogen) atoms. The van der Waals surface area contributed by atoms with Gasteiger partial charge in [0.2, 0.25) is 0 Å². The zero-order chi connectivity index (χ0) is 43.6. The lowest BCUT2D eigenvalue weighted by Gasteiger charge is -2.49. The number of imidazole rings is 1. The van der Waals surface area contributed by atoms with Gasteiger partial charge in [0.25, 0.3) is 0 Å². The normalized spacial score (nSPS) is 27.4. The number of hydrogen-bond donors (Lipinski definition) is 0. The van der Waals surface area contributed by atoms with E-state index in [0.717, 1.165) is 56.4 Å². The third kappa shape index (κ3) is 5.93. The molecule has 320 valence electrons. The van der Waals surface area contributed by atoms with Gasteiger partial charge in [-0.1, -0.05) is 76.2 Å². The van der Waals surface area contributed by atoms with Crippen LogP contribution in [0.5, 0.6) is 0 Å². The maximum Gasteiger partial charge on any atom is 0.140 e. The molecule has 3 aliphatic rings. The average molecular weight is 808 g/mol. The lowest BCUT2D eigenvalue weighted by Crippen LogP contribution is -2.43. The third-order valence-corrected chi connectivity index (χ3v) is 15.8. The molecular formula is C53H73N7. The molecule has 4 unspecified atom stereocenters. The van der Waals surface area contributed by atoms with E-state index in [9.17, 15) is 0 Å². The highest BCUT2D eigenvalue weighted by molar-refractivity contribution is 5.90. The van der Waals surface area contributed by atoms with E-state index in [1.807, 2.05) is 12.4 Å². The molecule has 6 aromatic rings. The van der Waals surface area contributed by atoms with E-state index in [0.29, 0.717) is 0 Å². The average Bonchev–Trinajstić information content (AvgIpc) is 3.85. The molecule has 0 spiro atoms. The van der Waals surface area contributed by atoms with E-state index < -0.39 is 0 Å². The van der Waals surface area contributed by atoms with Crippen molar-refractivity contribution in [3.05, 3.63) is 88.6 Å². The fourth-order valence-corrected chi connectivity index (χ4v) is 13.2. The minimum atomic E-state index is -0.107. The standard InChI is InChI=1S/C53H73N7/c1-45(2,3)44-57-42-40-34(19-27-56-60(40)44)50(14,31-49(42,12)13)21-24-53(17)32-52(16,33-18-25-55-43-38(33)35(53)29-59(43)47(7,8)9)23-22-51(15)30-48(10,11)41-39-36(51)28-58(46(4,5)6)37(39)20-26-54-41/h18-20,25-29H,21-24,30-32H2,1-17H3. The maximum absolute atomic E-state index is 5.37. The summed E-state index contributed by atoms with van der Waals surface area (Å²) in [6.45, 7) is 40.8. The van der Waals surface area contributed by atoms with Crippen molar-refractivity contribution in [1.29, 1.82) is 0 Å². The van der Waals surface area contributed by atoms with Crippen molar-refractivity contribution in [3.8, 4) is 0 Å². The number of pyridine rings is 2. The molecule has 9 rings (SSSR count). The first-order valence-electron chi connectivity index (χ1n) is 23.0. The maximum atomic E-state index is 5.37. The van der Waals surface area contributed by atoms with E-state index in [2.05, 4.69) is 168 Å². The molecule has 0 saturated carbocycles. The van der Waals surface area contributed by atoms with Gasteiger partial charge in [-0.25, -0.2) is 14.5 Å². The second kappa shape index (κ2) is 12.3. The molecule has 7 heteroatoms. The van der Waals surface area contributed by atoms with E-state index in [1.165, 1.54) is 55.4 Å². The predicted octanol–water partition coefficient (Wildman–Crippen LogP) is 13.0. The van der Waals surface area contributed by atoms with Crippen LogP contribution in [-0.2, 0) is 49.0 Å². The van der Waals surface area contributed by atoms with Gasteiger partial charge in [-0.15, -0.1) is 0 Å². The van der Waals surface area contributed by atoms with Crippen LogP contribution in [0.4, 0.5) is 0 Å². The quantitative estimate of drug-likeness (QED) is 0.168. The Morgan fingerprint density at radius 1 is 0.533 bits per heavy atom. The van der Waals surface area contributed by atoms with Gasteiger partial charge in [-0.2, -0.15) is 5.10 Å². The van der Waals surface area contributed by atoms with Crippen molar-refractivity contribution in [2.24, 2.45) is 0 Å². The van der Waals surface area contributed by atoms with Crippen LogP contribution < -0.4 is 0 Å². The monoisotopic (exact) mass is 808 g/mol. The third-order valence-electron chi connectivity index (χ3n) is 15.8. The summed E-state index contributed by atoms with van der Waals surface area (Å²) in [7, 11) is 0. The number of hydrogen-bond acceptors (Lipinski definition) is 4. The van der Waals surface area contributed by atoms with Crippen molar-refractivity contribution >= 4 is 27.5 Å². The van der Waals surface area contributed by atoms with Crippen molar-refractivity contribution in [3.63, 3.8) is 0 Å². The van der Waals surface area contributed by atoms with E-state index in [1.54, 1.807) is 0 Å². The lowest BCUT2D eigenvalue weighted by molar-refractivity contribution is 0.204. The largest absolute Gasteiger partial charge is 0.342 e. The first-order chi connectivity index (χ1) is 27.5. The van der Waals surface area contributed by atoms with Gasteiger partial charge in [0.1, 0.15) is 11.5 Å². The van der Waals surface area contributed by atoms with E-state index in [-0.39, 0.29) is 49.0 Å². The zero-order valence-corrected chi connectivity index (χ0v) is 40.2. The second-order valence-electron chi connectivity index (χ2n) is 25.4. The summed E-state index contributed by atoms with van der Waals surface area (Å²) in [6, 6.07) is 6.94. The molecule has 0 fully saturated rings. The van der Waals surface area contributed by atoms with Crippen molar-refractivity contribution in [2.75, 3.05) is 0 Å². The lowest BCUT2D eigenvalue weighted by atomic mass is 9.55. The van der Waals surface area contributed by atoms with Gasteiger partial charge in [0.05, 0.1) is 22.4 Å². The summed E-state index contributed by atoms with van der Waals surface area (Å²) < 4.78 is 7.19. The van der Waals surface area contributed by atoms with Crippen LogP contribution >= 0.6 is 0 Å². The van der Waals surface area contributed by atoms with Crippen molar-refractivity contribution in [2.45, 2.75) is 212 Å². The number of aromatic nitrogens is 7. The molecule has 0 N–H and O–H groups in total. The fraction of sp³-hybridized carbons (Fsp3) is 0.623. The predicted molar refractivity (Wildman–Crippen MR) is 249 cm³/mol. The molecule has 0 amide bonds. The Hall–Kier alpha value is -4.00. The Bertz CT molecular complexity index is 2710. The highest BCUT2D eigenvalue weighted by Crippen LogP contribution is 2.59. The molecule has 6 aromatic heterocycles. The second-order valence-corrected chi connectivity index (χ2v) is 25.4. The minimum absolute atomic E-state index is 0.000191. The molecule has 3 aliphatic carbocycles. The highest BCUT2D eigenvalue weighted by Gasteiger charge is 2.51. The van der Waals surface area contributed by atoms with Gasteiger partial charge in [-0.05, 0) is 149 Å². The summed E-state index contributed by atoms with van der Waals surface area (Å²) in [5.74, 6) is 1.06. The number of rotatable bonds is 6. The molecule has 4 atom stereocenters. The van der Waals surface area contributed by atoms with Crippen LogP contribution in [-0.4, -0.2) is 33.7 Å². The van der Waals surface area contributed by atoms with Crippen molar-refractivity contribution in [1.82, 2.24) is 33.7 Å². The number of nitrogens with zero attached hydrogens (tertiary/aromatic N) is 7. The van der Waals surface area contributed by atoms with Gasteiger partial charge >= 0.3 is 0 Å². The van der Waals surface area contributed by atoms with Gasteiger partial charge in [0, 0.05) is 69.1 Å². The van der Waals surface area contributed by atoms with Gasteiger partial charge < -0.3 is 9.13 Å². The Morgan fingerprint density at radius 3 is 1.63 bits per heavy atom. The topological polar surface area (TPSA) is 65.8 Å². The fourth-order valence-electron chi connectivity index (χ4n) is 13.2. The zero-order valence-electron chi connectivity index (χ0n) is 40.2. The van der Waals surface area contributed by atoms with Crippen LogP contribution in [0, 0.1) is 0 Å². The molecule has 0 saturated heterocycles. The SMILES string of the molecule is CC(C)(C)c1nc2c3c(ccnn13)C(C)(CCC1(C)CC(C)(CCC3(C)CC(C)(C)c4nccc5c4c3cn5C(C)(C)C)c3ccnc4c3c1cn4C(C)(C)C)CC2(C)C. The first kappa shape index (κ1) is 41.4. The van der Waals surface area contributed by atoms with Crippen LogP contribution in [0.15, 0.2) is 49.2 Å². The van der Waals surface area contributed by atoms with Gasteiger partial charge in [0.15, 0.2) is 0 Å². The van der Waals surface area contributed by atoms with Gasteiger partial charge in [-0.3, -0.25) is 4.98 Å². The molecule has 0 aliphatic heterocycles. The highest BCUT2D eigenvalue weighted by atomic mass is 15.3. The summed E-state index contributed by atoms with van der Waals surface area (Å²) in [4.78, 5) is 15.6. The smallest absolute Gasteiger partial charge is 0.140 e. The van der Waals surface area contributed by atoms with Crippen LogP contribution in [0.3, 0.4) is 0 Å². The Labute approximate surface area is 360 Å². The van der Waals surface area contributed by atoms with Crippen LogP contribution in [0.1, 0.15) is 202 Å². The summed E-state index contributed by atoms with van der Waals surface area (Å²) >= 11 is 0. The Balaban J connectivity index is 1.14. The first-order valence-corrected chi connectivity index (χ1v) is 23.0. The summed E-state index contributed by atoms with van der Waals surface area (Å²) in [6.07, 6.45) is 18.8. The summed E-state index contributed by atoms with van der Waals surface area (Å²) in [5.41, 5.74) is 11.6. The molecule has 0 aromatic carbocycles. The van der Waals surface area contributed by atoms with E-state index in [4.69, 9.17) is 20.1 Å². The molecular weight excluding hydrogens is 735 g/mol. The van der Waals surface area contributed by atoms with Crippen molar-refractivity contribution < 1.29 is 0 Å². The Kier molecular flexibility index (Phi) is 8.51. The van der Waals surface area contributed by atoms with E-state index >= 15 is 0 Å². The van der Waals surface area contributed by atoms with Crippen LogP contribution in [0.25, 0.3) is 27.5 Å². The molecule has 6 heterocycles. The molecule has 0 radical (unpaired) electrons. The Morgan fingerprint density at radius 2 is 1.03 bits per heavy atom. The molecule has 7 nitrogen and oxygen atoms in total. The van der Waals surface area contributed by atoms with Crippen LogP contribution in [0.2, 0.25) is 0 Å². The summed E-state index contributed by atoms with van der Waals surface area (Å²) in [5, 5.41) is 7.75. The molecule has 0 bridgehead atoms. The minimum Gasteiger partial charge on any atom is -0.342 e.